The molecule has 0 amide bonds. The van der Waals surface area contributed by atoms with Crippen molar-refractivity contribution in [2.24, 2.45) is 0 Å². The highest BCUT2D eigenvalue weighted by Gasteiger charge is 2.34. The minimum Gasteiger partial charge on any atom is -0.423 e. The maximum Gasteiger partial charge on any atom is 0.417 e. The average molecular weight is 215 g/mol. The van der Waals surface area contributed by atoms with Gasteiger partial charge in [0.1, 0.15) is 0 Å². The predicted octanol–water partition coefficient (Wildman–Crippen LogP) is 2.15. The molecule has 0 aliphatic rings. The molecule has 0 aromatic carbocycles. The molecular formula is C8H4F3N3O. The van der Waals surface area contributed by atoms with Crippen LogP contribution in [0, 0.1) is 0 Å². The van der Waals surface area contributed by atoms with E-state index in [1.807, 2.05) is 0 Å². The summed E-state index contributed by atoms with van der Waals surface area (Å²) in [6, 6.07) is 0.861. The van der Waals surface area contributed by atoms with Crippen LogP contribution in [-0.2, 0) is 6.18 Å². The number of hydrogen-bond donors (Lipinski definition) is 0. The number of nitrogens with zero attached hydrogens (tertiary/aromatic N) is 3. The van der Waals surface area contributed by atoms with Crippen LogP contribution in [0.15, 0.2) is 29.3 Å². The summed E-state index contributed by atoms with van der Waals surface area (Å²) in [4.78, 5) is 3.59. The Labute approximate surface area is 81.8 Å². The van der Waals surface area contributed by atoms with Crippen molar-refractivity contribution in [1.29, 1.82) is 0 Å². The lowest BCUT2D eigenvalue weighted by Gasteiger charge is -2.08. The number of rotatable bonds is 1. The van der Waals surface area contributed by atoms with Crippen LogP contribution in [0.2, 0.25) is 0 Å². The molecule has 0 aliphatic heterocycles. The van der Waals surface area contributed by atoms with Crippen LogP contribution in [0.5, 0.6) is 0 Å². The van der Waals surface area contributed by atoms with Crippen molar-refractivity contribution in [1.82, 2.24) is 15.2 Å². The van der Waals surface area contributed by atoms with E-state index in [9.17, 15) is 13.2 Å². The van der Waals surface area contributed by atoms with Gasteiger partial charge in [0.25, 0.3) is 0 Å². The van der Waals surface area contributed by atoms with Crippen molar-refractivity contribution in [3.8, 4) is 11.5 Å². The molecule has 0 fully saturated rings. The van der Waals surface area contributed by atoms with Crippen molar-refractivity contribution < 1.29 is 17.6 Å². The molecule has 0 bridgehead atoms. The molecule has 2 aromatic rings. The highest BCUT2D eigenvalue weighted by Crippen LogP contribution is 2.35. The van der Waals surface area contributed by atoms with Crippen molar-refractivity contribution in [2.45, 2.75) is 6.18 Å². The summed E-state index contributed by atoms with van der Waals surface area (Å²) in [5, 5.41) is 6.71. The Balaban J connectivity index is 2.58. The second-order valence-corrected chi connectivity index (χ2v) is 2.66. The normalized spacial score (nSPS) is 11.7. The van der Waals surface area contributed by atoms with Crippen LogP contribution in [0.4, 0.5) is 13.2 Å². The van der Waals surface area contributed by atoms with E-state index in [4.69, 9.17) is 4.42 Å². The van der Waals surface area contributed by atoms with Gasteiger partial charge in [0.05, 0.1) is 11.1 Å². The Hall–Kier alpha value is -1.92. The molecule has 15 heavy (non-hydrogen) atoms. The van der Waals surface area contributed by atoms with E-state index in [2.05, 4.69) is 15.2 Å². The van der Waals surface area contributed by atoms with Gasteiger partial charge in [-0.3, -0.25) is 4.98 Å². The lowest BCUT2D eigenvalue weighted by atomic mass is 10.1. The highest BCUT2D eigenvalue weighted by molar-refractivity contribution is 5.57. The van der Waals surface area contributed by atoms with Gasteiger partial charge in [-0.05, 0) is 6.07 Å². The number of aromatic nitrogens is 3. The van der Waals surface area contributed by atoms with Crippen LogP contribution in [0.25, 0.3) is 11.5 Å². The topological polar surface area (TPSA) is 51.8 Å². The van der Waals surface area contributed by atoms with Gasteiger partial charge in [-0.25, -0.2) is 0 Å². The van der Waals surface area contributed by atoms with Crippen molar-refractivity contribution in [2.75, 3.05) is 0 Å². The Morgan fingerprint density at radius 3 is 2.67 bits per heavy atom. The highest BCUT2D eigenvalue weighted by atomic mass is 19.4. The Morgan fingerprint density at radius 2 is 2.07 bits per heavy atom. The smallest absolute Gasteiger partial charge is 0.417 e. The molecule has 0 spiro atoms. The van der Waals surface area contributed by atoms with E-state index in [1.54, 1.807) is 0 Å². The first-order chi connectivity index (χ1) is 7.09. The van der Waals surface area contributed by atoms with E-state index in [1.165, 1.54) is 0 Å². The molecule has 2 heterocycles. The number of pyridine rings is 1. The van der Waals surface area contributed by atoms with E-state index in [0.717, 1.165) is 24.9 Å². The van der Waals surface area contributed by atoms with Crippen LogP contribution < -0.4 is 0 Å². The van der Waals surface area contributed by atoms with Crippen LogP contribution >= 0.6 is 0 Å². The fourth-order valence-corrected chi connectivity index (χ4v) is 1.10. The maximum atomic E-state index is 12.5. The van der Waals surface area contributed by atoms with E-state index in [-0.39, 0.29) is 11.5 Å². The monoisotopic (exact) mass is 215 g/mol. The first kappa shape index (κ1) is 9.63. The standard InChI is InChI=1S/C8H4F3N3O/c9-8(10,11)6-1-2-12-3-5(6)7-14-13-4-15-7/h1-4H. The largest absolute Gasteiger partial charge is 0.423 e. The lowest BCUT2D eigenvalue weighted by Crippen LogP contribution is -2.07. The van der Waals surface area contributed by atoms with Gasteiger partial charge in [-0.15, -0.1) is 10.2 Å². The SMILES string of the molecule is FC(F)(F)c1ccncc1-c1nnco1. The zero-order chi connectivity index (χ0) is 10.9. The van der Waals surface area contributed by atoms with Gasteiger partial charge >= 0.3 is 6.18 Å². The first-order valence-corrected chi connectivity index (χ1v) is 3.87. The van der Waals surface area contributed by atoms with E-state index in [0.29, 0.717) is 0 Å². The molecular weight excluding hydrogens is 211 g/mol. The third kappa shape index (κ3) is 1.80. The maximum absolute atomic E-state index is 12.5. The summed E-state index contributed by atoms with van der Waals surface area (Å²) >= 11 is 0. The van der Waals surface area contributed by atoms with Crippen LogP contribution in [-0.4, -0.2) is 15.2 Å². The minimum absolute atomic E-state index is 0.199. The minimum atomic E-state index is -4.47. The molecule has 7 heteroatoms. The van der Waals surface area contributed by atoms with E-state index >= 15 is 0 Å². The van der Waals surface area contributed by atoms with Crippen molar-refractivity contribution in [3.63, 3.8) is 0 Å². The fraction of sp³-hybridized carbons (Fsp3) is 0.125. The van der Waals surface area contributed by atoms with Crippen molar-refractivity contribution >= 4 is 0 Å². The lowest BCUT2D eigenvalue weighted by molar-refractivity contribution is -0.137. The number of hydrogen-bond acceptors (Lipinski definition) is 4. The Kier molecular flexibility index (Phi) is 2.14. The molecule has 2 aromatic heterocycles. The number of halogens is 3. The molecule has 78 valence electrons. The quantitative estimate of drug-likeness (QED) is 0.731. The molecule has 0 atom stereocenters. The van der Waals surface area contributed by atoms with Gasteiger partial charge in [-0.1, -0.05) is 0 Å². The molecule has 2 rings (SSSR count). The van der Waals surface area contributed by atoms with Gasteiger partial charge in [0, 0.05) is 12.4 Å². The molecule has 0 N–H and O–H groups in total. The first-order valence-electron chi connectivity index (χ1n) is 3.87. The van der Waals surface area contributed by atoms with Gasteiger partial charge in [0.2, 0.25) is 12.3 Å². The second-order valence-electron chi connectivity index (χ2n) is 2.66. The third-order valence-corrected chi connectivity index (χ3v) is 1.72. The van der Waals surface area contributed by atoms with E-state index < -0.39 is 11.7 Å². The summed E-state index contributed by atoms with van der Waals surface area (Å²) in [5.74, 6) is -0.199. The van der Waals surface area contributed by atoms with Gasteiger partial charge in [0.15, 0.2) is 0 Å². The van der Waals surface area contributed by atoms with Gasteiger partial charge < -0.3 is 4.42 Å². The third-order valence-electron chi connectivity index (χ3n) is 1.72. The summed E-state index contributed by atoms with van der Waals surface area (Å²) in [5.41, 5.74) is -1.07. The Morgan fingerprint density at radius 1 is 1.27 bits per heavy atom. The van der Waals surface area contributed by atoms with Crippen LogP contribution in [0.3, 0.4) is 0 Å². The second kappa shape index (κ2) is 3.34. The number of alkyl halides is 3. The van der Waals surface area contributed by atoms with Gasteiger partial charge in [-0.2, -0.15) is 13.2 Å². The predicted molar refractivity (Wildman–Crippen MR) is 42.5 cm³/mol. The molecule has 0 unspecified atom stereocenters. The van der Waals surface area contributed by atoms with Crippen molar-refractivity contribution in [3.05, 3.63) is 30.4 Å². The fourth-order valence-electron chi connectivity index (χ4n) is 1.10. The van der Waals surface area contributed by atoms with Crippen LogP contribution in [0.1, 0.15) is 5.56 Å². The zero-order valence-electron chi connectivity index (χ0n) is 7.19. The average Bonchev–Trinajstić information content (AvgIpc) is 2.69. The summed E-state index contributed by atoms with van der Waals surface area (Å²) in [6.45, 7) is 0. The molecule has 0 saturated heterocycles. The molecule has 0 saturated carbocycles. The summed E-state index contributed by atoms with van der Waals surface area (Å²) < 4.78 is 42.3. The summed E-state index contributed by atoms with van der Waals surface area (Å²) in [7, 11) is 0. The zero-order valence-corrected chi connectivity index (χ0v) is 7.19. The molecule has 0 aliphatic carbocycles. The summed E-state index contributed by atoms with van der Waals surface area (Å²) in [6.07, 6.45) is -1.41. The molecule has 4 nitrogen and oxygen atoms in total. The Bertz CT molecular complexity index is 452. The molecule has 0 radical (unpaired) electrons.